The van der Waals surface area contributed by atoms with Crippen LogP contribution in [0.25, 0.3) is 0 Å². The number of nitrogens with one attached hydrogen (secondary N) is 1. The number of nitrogens with zero attached hydrogens (tertiary/aromatic N) is 1. The third-order valence-corrected chi connectivity index (χ3v) is 3.98. The lowest BCUT2D eigenvalue weighted by Gasteiger charge is -2.32. The smallest absolute Gasteiger partial charge is 0.270 e. The fourth-order valence-electron chi connectivity index (χ4n) is 3.13. The lowest BCUT2D eigenvalue weighted by atomic mass is 9.76. The summed E-state index contributed by atoms with van der Waals surface area (Å²) >= 11 is 0. The van der Waals surface area contributed by atoms with Crippen LogP contribution in [0.3, 0.4) is 0 Å². The van der Waals surface area contributed by atoms with Crippen molar-refractivity contribution in [3.63, 3.8) is 0 Å². The standard InChI is InChI=1S/C17H26N2O/c1-17(2,3)12-13-7-9-14(10-8-13)19-16(20)15-6-4-5-11-18-15/h4-6,11,13-14H,7-10,12H2,1-3H3,(H,19,20)/t13-,14-. The van der Waals surface area contributed by atoms with E-state index in [4.69, 9.17) is 0 Å². The Morgan fingerprint density at radius 1 is 1.25 bits per heavy atom. The average Bonchev–Trinajstić information content (AvgIpc) is 2.40. The first-order chi connectivity index (χ1) is 9.44. The molecular weight excluding hydrogens is 248 g/mol. The number of hydrogen-bond donors (Lipinski definition) is 1. The Morgan fingerprint density at radius 3 is 2.50 bits per heavy atom. The Labute approximate surface area is 122 Å². The van der Waals surface area contributed by atoms with Gasteiger partial charge >= 0.3 is 0 Å². The Hall–Kier alpha value is -1.38. The Bertz CT molecular complexity index is 428. The molecule has 0 bridgehead atoms. The van der Waals surface area contributed by atoms with E-state index in [1.807, 2.05) is 12.1 Å². The molecule has 110 valence electrons. The second-order valence-electron chi connectivity index (χ2n) is 7.17. The maximum absolute atomic E-state index is 12.0. The summed E-state index contributed by atoms with van der Waals surface area (Å²) in [5.41, 5.74) is 0.929. The Kier molecular flexibility index (Phi) is 4.79. The van der Waals surface area contributed by atoms with E-state index in [1.54, 1.807) is 12.3 Å². The fraction of sp³-hybridized carbons (Fsp3) is 0.647. The third-order valence-electron chi connectivity index (χ3n) is 3.98. The summed E-state index contributed by atoms with van der Waals surface area (Å²) in [4.78, 5) is 16.1. The highest BCUT2D eigenvalue weighted by Gasteiger charge is 2.26. The van der Waals surface area contributed by atoms with Crippen LogP contribution in [0, 0.1) is 11.3 Å². The third kappa shape index (κ3) is 4.62. The summed E-state index contributed by atoms with van der Waals surface area (Å²) in [6, 6.07) is 5.76. The predicted molar refractivity (Wildman–Crippen MR) is 81.5 cm³/mol. The van der Waals surface area contributed by atoms with E-state index in [2.05, 4.69) is 31.1 Å². The molecular formula is C17H26N2O. The van der Waals surface area contributed by atoms with Crippen LogP contribution in [0.1, 0.15) is 63.4 Å². The van der Waals surface area contributed by atoms with E-state index in [-0.39, 0.29) is 5.91 Å². The van der Waals surface area contributed by atoms with Crippen LogP contribution in [0.2, 0.25) is 0 Å². The molecule has 0 spiro atoms. The zero-order valence-corrected chi connectivity index (χ0v) is 12.9. The van der Waals surface area contributed by atoms with Crippen LogP contribution in [-0.2, 0) is 0 Å². The van der Waals surface area contributed by atoms with Gasteiger partial charge in [-0.1, -0.05) is 26.8 Å². The molecule has 0 unspecified atom stereocenters. The van der Waals surface area contributed by atoms with Crippen LogP contribution in [0.15, 0.2) is 24.4 Å². The van der Waals surface area contributed by atoms with Crippen molar-refractivity contribution in [3.05, 3.63) is 30.1 Å². The van der Waals surface area contributed by atoms with Gasteiger partial charge in [-0.15, -0.1) is 0 Å². The lowest BCUT2D eigenvalue weighted by molar-refractivity contribution is 0.0912. The lowest BCUT2D eigenvalue weighted by Crippen LogP contribution is -2.38. The molecule has 0 aromatic carbocycles. The van der Waals surface area contributed by atoms with Gasteiger partial charge in [0, 0.05) is 12.2 Å². The number of amides is 1. The maximum Gasteiger partial charge on any atom is 0.270 e. The molecule has 1 fully saturated rings. The van der Waals surface area contributed by atoms with E-state index >= 15 is 0 Å². The number of hydrogen-bond acceptors (Lipinski definition) is 2. The maximum atomic E-state index is 12.0. The minimum Gasteiger partial charge on any atom is -0.348 e. The molecule has 1 aromatic heterocycles. The van der Waals surface area contributed by atoms with Crippen molar-refractivity contribution in [2.24, 2.45) is 11.3 Å². The summed E-state index contributed by atoms with van der Waals surface area (Å²) in [6.07, 6.45) is 7.59. The molecule has 1 saturated carbocycles. The van der Waals surface area contributed by atoms with Gasteiger partial charge in [0.2, 0.25) is 0 Å². The van der Waals surface area contributed by atoms with Gasteiger partial charge in [0.05, 0.1) is 0 Å². The second kappa shape index (κ2) is 6.38. The van der Waals surface area contributed by atoms with Crippen molar-refractivity contribution in [3.8, 4) is 0 Å². The van der Waals surface area contributed by atoms with Crippen LogP contribution >= 0.6 is 0 Å². The van der Waals surface area contributed by atoms with Crippen LogP contribution in [-0.4, -0.2) is 16.9 Å². The summed E-state index contributed by atoms with van der Waals surface area (Å²) in [7, 11) is 0. The summed E-state index contributed by atoms with van der Waals surface area (Å²) in [6.45, 7) is 6.92. The van der Waals surface area contributed by atoms with E-state index in [9.17, 15) is 4.79 Å². The molecule has 1 aliphatic carbocycles. The van der Waals surface area contributed by atoms with E-state index < -0.39 is 0 Å². The van der Waals surface area contributed by atoms with E-state index in [1.165, 1.54) is 19.3 Å². The average molecular weight is 274 g/mol. The number of aromatic nitrogens is 1. The molecule has 20 heavy (non-hydrogen) atoms. The van der Waals surface area contributed by atoms with Gasteiger partial charge in [-0.2, -0.15) is 0 Å². The van der Waals surface area contributed by atoms with Gasteiger partial charge in [0.15, 0.2) is 0 Å². The highest BCUT2D eigenvalue weighted by Crippen LogP contribution is 2.34. The molecule has 1 heterocycles. The van der Waals surface area contributed by atoms with Crippen LogP contribution in [0.5, 0.6) is 0 Å². The van der Waals surface area contributed by atoms with E-state index in [0.717, 1.165) is 18.8 Å². The summed E-state index contributed by atoms with van der Waals surface area (Å²) in [5, 5.41) is 3.12. The van der Waals surface area contributed by atoms with Crippen molar-refractivity contribution in [2.45, 2.75) is 58.9 Å². The first-order valence-corrected chi connectivity index (χ1v) is 7.66. The Morgan fingerprint density at radius 2 is 1.95 bits per heavy atom. The van der Waals surface area contributed by atoms with Gasteiger partial charge < -0.3 is 5.32 Å². The molecule has 3 heteroatoms. The number of pyridine rings is 1. The van der Waals surface area contributed by atoms with Crippen molar-refractivity contribution < 1.29 is 4.79 Å². The molecule has 0 aliphatic heterocycles. The van der Waals surface area contributed by atoms with Crippen molar-refractivity contribution >= 4 is 5.91 Å². The zero-order chi connectivity index (χ0) is 14.6. The largest absolute Gasteiger partial charge is 0.348 e. The molecule has 1 N–H and O–H groups in total. The molecule has 1 amide bonds. The molecule has 0 saturated heterocycles. The Balaban J connectivity index is 1.79. The van der Waals surface area contributed by atoms with Gasteiger partial charge in [0.1, 0.15) is 5.69 Å². The first kappa shape index (κ1) is 15.0. The fourth-order valence-corrected chi connectivity index (χ4v) is 3.13. The molecule has 1 aromatic rings. The predicted octanol–water partition coefficient (Wildman–Crippen LogP) is 3.81. The summed E-state index contributed by atoms with van der Waals surface area (Å²) < 4.78 is 0. The quantitative estimate of drug-likeness (QED) is 0.910. The van der Waals surface area contributed by atoms with Gasteiger partial charge in [-0.05, 0) is 55.6 Å². The van der Waals surface area contributed by atoms with Crippen LogP contribution < -0.4 is 5.32 Å². The number of carbonyl (C=O) groups excluding carboxylic acids is 1. The van der Waals surface area contributed by atoms with Gasteiger partial charge in [0.25, 0.3) is 5.91 Å². The zero-order valence-electron chi connectivity index (χ0n) is 12.9. The summed E-state index contributed by atoms with van der Waals surface area (Å²) in [5.74, 6) is 0.780. The SMILES string of the molecule is CC(C)(C)C[C@H]1CC[C@H](NC(=O)c2ccccn2)CC1. The number of rotatable bonds is 3. The molecule has 3 nitrogen and oxygen atoms in total. The second-order valence-corrected chi connectivity index (χ2v) is 7.17. The topological polar surface area (TPSA) is 42.0 Å². The highest BCUT2D eigenvalue weighted by molar-refractivity contribution is 5.92. The molecule has 0 atom stereocenters. The monoisotopic (exact) mass is 274 g/mol. The number of carbonyl (C=O) groups is 1. The van der Waals surface area contributed by atoms with Crippen molar-refractivity contribution in [1.82, 2.24) is 10.3 Å². The molecule has 1 aliphatic rings. The van der Waals surface area contributed by atoms with Crippen molar-refractivity contribution in [2.75, 3.05) is 0 Å². The van der Waals surface area contributed by atoms with Crippen LogP contribution in [0.4, 0.5) is 0 Å². The molecule has 2 rings (SSSR count). The van der Waals surface area contributed by atoms with Crippen molar-refractivity contribution in [1.29, 1.82) is 0 Å². The minimum absolute atomic E-state index is 0.0372. The van der Waals surface area contributed by atoms with Gasteiger partial charge in [-0.3, -0.25) is 9.78 Å². The van der Waals surface area contributed by atoms with E-state index in [0.29, 0.717) is 17.2 Å². The highest BCUT2D eigenvalue weighted by atomic mass is 16.1. The first-order valence-electron chi connectivity index (χ1n) is 7.66. The van der Waals surface area contributed by atoms with Gasteiger partial charge in [-0.25, -0.2) is 0 Å². The minimum atomic E-state index is -0.0372. The molecule has 0 radical (unpaired) electrons. The normalized spacial score (nSPS) is 23.4.